The van der Waals surface area contributed by atoms with Crippen molar-refractivity contribution < 1.29 is 9.18 Å². The highest BCUT2D eigenvalue weighted by atomic mass is 19.1. The molecule has 2 N–H and O–H groups in total. The molecular formula is C15H15FN2O. The van der Waals surface area contributed by atoms with Crippen LogP contribution in [0, 0.1) is 12.7 Å². The highest BCUT2D eigenvalue weighted by Crippen LogP contribution is 2.09. The van der Waals surface area contributed by atoms with Crippen LogP contribution in [0.15, 0.2) is 48.5 Å². The summed E-state index contributed by atoms with van der Waals surface area (Å²) < 4.78 is 13.1. The molecule has 0 fully saturated rings. The molecule has 0 spiro atoms. The van der Waals surface area contributed by atoms with E-state index in [9.17, 15) is 9.18 Å². The van der Waals surface area contributed by atoms with Gasteiger partial charge in [-0.3, -0.25) is 0 Å². The lowest BCUT2D eigenvalue weighted by atomic mass is 10.1. The molecule has 2 aromatic rings. The maximum Gasteiger partial charge on any atom is 0.319 e. The normalized spacial score (nSPS) is 10.0. The second-order valence-electron chi connectivity index (χ2n) is 4.26. The summed E-state index contributed by atoms with van der Waals surface area (Å²) in [5.41, 5.74) is 2.17. The third-order valence-corrected chi connectivity index (χ3v) is 2.71. The molecule has 3 nitrogen and oxygen atoms in total. The lowest BCUT2D eigenvalue weighted by Gasteiger charge is -2.08. The van der Waals surface area contributed by atoms with Crippen molar-refractivity contribution in [3.05, 3.63) is 65.5 Å². The first kappa shape index (κ1) is 13.1. The maximum atomic E-state index is 13.1. The molecule has 0 aliphatic carbocycles. The molecule has 0 atom stereocenters. The quantitative estimate of drug-likeness (QED) is 0.869. The fraction of sp³-hybridized carbons (Fsp3) is 0.133. The predicted molar refractivity (Wildman–Crippen MR) is 73.4 cm³/mol. The number of anilines is 1. The van der Waals surface area contributed by atoms with Gasteiger partial charge >= 0.3 is 6.03 Å². The minimum Gasteiger partial charge on any atom is -0.334 e. The standard InChI is InChI=1S/C15H15FN2O/c1-11-9-12(7-8-14(11)16)10-17-15(19)18-13-5-3-2-4-6-13/h2-9H,10H2,1H3,(H2,17,18,19). The lowest BCUT2D eigenvalue weighted by Crippen LogP contribution is -2.28. The van der Waals surface area contributed by atoms with Gasteiger partial charge in [0.25, 0.3) is 0 Å². The van der Waals surface area contributed by atoms with E-state index in [1.807, 2.05) is 30.3 Å². The summed E-state index contributed by atoms with van der Waals surface area (Å²) in [6.45, 7) is 2.06. The Kier molecular flexibility index (Phi) is 4.13. The minimum atomic E-state index is -0.284. The van der Waals surface area contributed by atoms with Gasteiger partial charge in [0.05, 0.1) is 0 Å². The Balaban J connectivity index is 1.88. The smallest absolute Gasteiger partial charge is 0.319 e. The molecule has 2 rings (SSSR count). The van der Waals surface area contributed by atoms with Gasteiger partial charge in [0.15, 0.2) is 0 Å². The van der Waals surface area contributed by atoms with Crippen LogP contribution < -0.4 is 10.6 Å². The number of rotatable bonds is 3. The summed E-state index contributed by atoms with van der Waals surface area (Å²) in [4.78, 5) is 11.6. The van der Waals surface area contributed by atoms with Crippen molar-refractivity contribution in [1.29, 1.82) is 0 Å². The number of aryl methyl sites for hydroxylation is 1. The summed E-state index contributed by atoms with van der Waals surface area (Å²) >= 11 is 0. The number of hydrogen-bond donors (Lipinski definition) is 2. The van der Waals surface area contributed by atoms with Crippen molar-refractivity contribution in [1.82, 2.24) is 5.32 Å². The first-order chi connectivity index (χ1) is 9.15. The number of nitrogens with one attached hydrogen (secondary N) is 2. The molecule has 0 saturated carbocycles. The molecule has 0 aliphatic heterocycles. The summed E-state index contributed by atoms with van der Waals surface area (Å²) in [6, 6.07) is 13.7. The zero-order valence-corrected chi connectivity index (χ0v) is 10.6. The first-order valence-electron chi connectivity index (χ1n) is 6.00. The largest absolute Gasteiger partial charge is 0.334 e. The Bertz CT molecular complexity index is 570. The van der Waals surface area contributed by atoms with Crippen LogP contribution in [0.25, 0.3) is 0 Å². The van der Waals surface area contributed by atoms with Crippen LogP contribution >= 0.6 is 0 Å². The van der Waals surface area contributed by atoms with E-state index in [0.717, 1.165) is 11.3 Å². The van der Waals surface area contributed by atoms with Gasteiger partial charge < -0.3 is 10.6 Å². The third kappa shape index (κ3) is 3.81. The van der Waals surface area contributed by atoms with Gasteiger partial charge in [-0.1, -0.05) is 30.3 Å². The fourth-order valence-corrected chi connectivity index (χ4v) is 1.70. The Morgan fingerprint density at radius 1 is 1.16 bits per heavy atom. The SMILES string of the molecule is Cc1cc(CNC(=O)Nc2ccccc2)ccc1F. The van der Waals surface area contributed by atoms with Crippen molar-refractivity contribution in [2.75, 3.05) is 5.32 Å². The van der Waals surface area contributed by atoms with Gasteiger partial charge in [0.2, 0.25) is 0 Å². The van der Waals surface area contributed by atoms with Crippen LogP contribution in [0.3, 0.4) is 0 Å². The molecule has 0 unspecified atom stereocenters. The Morgan fingerprint density at radius 2 is 1.89 bits per heavy atom. The van der Waals surface area contributed by atoms with Gasteiger partial charge in [-0.2, -0.15) is 0 Å². The van der Waals surface area contributed by atoms with Crippen LogP contribution in [-0.2, 0) is 6.54 Å². The zero-order chi connectivity index (χ0) is 13.7. The Morgan fingerprint density at radius 3 is 2.58 bits per heavy atom. The molecule has 0 radical (unpaired) electrons. The van der Waals surface area contributed by atoms with Crippen molar-refractivity contribution in [3.8, 4) is 0 Å². The van der Waals surface area contributed by atoms with Crippen molar-refractivity contribution in [3.63, 3.8) is 0 Å². The molecule has 2 amide bonds. The molecule has 0 heterocycles. The second-order valence-corrected chi connectivity index (χ2v) is 4.26. The van der Waals surface area contributed by atoms with Gasteiger partial charge in [-0.25, -0.2) is 9.18 Å². The number of urea groups is 1. The third-order valence-electron chi connectivity index (χ3n) is 2.71. The molecule has 2 aromatic carbocycles. The summed E-state index contributed by atoms with van der Waals surface area (Å²) in [7, 11) is 0. The Hall–Kier alpha value is -2.36. The molecule has 98 valence electrons. The number of carbonyl (C=O) groups excluding carboxylic acids is 1. The monoisotopic (exact) mass is 258 g/mol. The van der Waals surface area contributed by atoms with E-state index < -0.39 is 0 Å². The van der Waals surface area contributed by atoms with Gasteiger partial charge in [0.1, 0.15) is 5.82 Å². The molecular weight excluding hydrogens is 243 g/mol. The van der Waals surface area contributed by atoms with E-state index in [1.54, 1.807) is 19.1 Å². The van der Waals surface area contributed by atoms with E-state index in [-0.39, 0.29) is 11.8 Å². The molecule has 0 saturated heterocycles. The number of para-hydroxylation sites is 1. The van der Waals surface area contributed by atoms with Crippen molar-refractivity contribution in [2.45, 2.75) is 13.5 Å². The first-order valence-corrected chi connectivity index (χ1v) is 6.00. The lowest BCUT2D eigenvalue weighted by molar-refractivity contribution is 0.251. The van der Waals surface area contributed by atoms with E-state index in [0.29, 0.717) is 12.1 Å². The minimum absolute atomic E-state index is 0.238. The van der Waals surface area contributed by atoms with E-state index in [2.05, 4.69) is 10.6 Å². The predicted octanol–water partition coefficient (Wildman–Crippen LogP) is 3.46. The Labute approximate surface area is 111 Å². The number of halogens is 1. The highest BCUT2D eigenvalue weighted by molar-refractivity contribution is 5.89. The number of hydrogen-bond acceptors (Lipinski definition) is 1. The summed E-state index contributed by atoms with van der Waals surface area (Å²) in [6.07, 6.45) is 0. The molecule has 0 aromatic heterocycles. The average Bonchev–Trinajstić information content (AvgIpc) is 2.41. The van der Waals surface area contributed by atoms with Gasteiger partial charge in [-0.05, 0) is 36.2 Å². The number of carbonyl (C=O) groups is 1. The van der Waals surface area contributed by atoms with Gasteiger partial charge in [0, 0.05) is 12.2 Å². The molecule has 19 heavy (non-hydrogen) atoms. The average molecular weight is 258 g/mol. The highest BCUT2D eigenvalue weighted by Gasteiger charge is 2.03. The van der Waals surface area contributed by atoms with Crippen molar-refractivity contribution >= 4 is 11.7 Å². The fourth-order valence-electron chi connectivity index (χ4n) is 1.70. The number of amides is 2. The van der Waals surface area contributed by atoms with Crippen LogP contribution in [0.5, 0.6) is 0 Å². The van der Waals surface area contributed by atoms with Crippen LogP contribution in [-0.4, -0.2) is 6.03 Å². The van der Waals surface area contributed by atoms with Crippen molar-refractivity contribution in [2.24, 2.45) is 0 Å². The van der Waals surface area contributed by atoms with E-state index in [1.165, 1.54) is 6.07 Å². The van der Waals surface area contributed by atoms with Crippen LogP contribution in [0.1, 0.15) is 11.1 Å². The summed E-state index contributed by atoms with van der Waals surface area (Å²) in [5.74, 6) is -0.238. The van der Waals surface area contributed by atoms with Crippen LogP contribution in [0.2, 0.25) is 0 Å². The van der Waals surface area contributed by atoms with E-state index in [4.69, 9.17) is 0 Å². The second kappa shape index (κ2) is 6.00. The molecule has 0 aliphatic rings. The van der Waals surface area contributed by atoms with E-state index >= 15 is 0 Å². The van der Waals surface area contributed by atoms with Crippen LogP contribution in [0.4, 0.5) is 14.9 Å². The topological polar surface area (TPSA) is 41.1 Å². The zero-order valence-electron chi connectivity index (χ0n) is 10.6. The maximum absolute atomic E-state index is 13.1. The molecule has 4 heteroatoms. The van der Waals surface area contributed by atoms with Gasteiger partial charge in [-0.15, -0.1) is 0 Å². The summed E-state index contributed by atoms with van der Waals surface area (Å²) in [5, 5.41) is 5.44. The number of benzene rings is 2. The molecule has 0 bridgehead atoms.